The number of nitrogens with one attached hydrogen (secondary N) is 2. The molecule has 0 saturated heterocycles. The third-order valence-electron chi connectivity index (χ3n) is 2.64. The second kappa shape index (κ2) is 4.87. The number of aromatic amines is 1. The smallest absolute Gasteiger partial charge is 0.269 e. The minimum Gasteiger partial charge on any atom is -0.382 e. The lowest BCUT2D eigenvalue weighted by Crippen LogP contribution is -2.23. The first-order valence-corrected chi connectivity index (χ1v) is 5.57. The molecule has 0 aliphatic carbocycles. The number of amides is 1. The molecule has 1 amide bonds. The van der Waals surface area contributed by atoms with Gasteiger partial charge in [0.2, 0.25) is 0 Å². The van der Waals surface area contributed by atoms with Gasteiger partial charge in [-0.1, -0.05) is 0 Å². The predicted octanol–water partition coefficient (Wildman–Crippen LogP) is 0.934. The van der Waals surface area contributed by atoms with Crippen LogP contribution in [0.15, 0.2) is 18.3 Å². The molecule has 2 rings (SSSR count). The molecule has 0 radical (unpaired) electrons. The van der Waals surface area contributed by atoms with E-state index in [9.17, 15) is 4.79 Å². The van der Waals surface area contributed by atoms with Crippen LogP contribution in [0.2, 0.25) is 0 Å². The third kappa shape index (κ3) is 2.65. The fourth-order valence-electron chi connectivity index (χ4n) is 1.63. The van der Waals surface area contributed by atoms with Crippen molar-refractivity contribution in [3.63, 3.8) is 0 Å². The highest BCUT2D eigenvalue weighted by molar-refractivity contribution is 5.92. The SMILES string of the molecule is Cc1cc(C)c(CNC(=O)c2cc(N)n[nH]2)cn1. The molecule has 2 aromatic rings. The van der Waals surface area contributed by atoms with E-state index < -0.39 is 0 Å². The normalized spacial score (nSPS) is 10.3. The molecular weight excluding hydrogens is 230 g/mol. The van der Waals surface area contributed by atoms with E-state index in [2.05, 4.69) is 20.5 Å². The quantitative estimate of drug-likeness (QED) is 0.749. The number of pyridine rings is 1. The number of nitrogens with two attached hydrogens (primary N) is 1. The van der Waals surface area contributed by atoms with Crippen molar-refractivity contribution in [2.75, 3.05) is 5.73 Å². The standard InChI is InChI=1S/C12H15N5O/c1-7-3-8(2)14-5-9(7)6-15-12(18)10-4-11(13)17-16-10/h3-5H,6H2,1-2H3,(H,15,18)(H3,13,16,17). The van der Waals surface area contributed by atoms with Crippen LogP contribution in [-0.4, -0.2) is 21.1 Å². The Morgan fingerprint density at radius 2 is 2.22 bits per heavy atom. The van der Waals surface area contributed by atoms with E-state index >= 15 is 0 Å². The lowest BCUT2D eigenvalue weighted by atomic mass is 10.1. The van der Waals surface area contributed by atoms with Gasteiger partial charge in [-0.25, -0.2) is 0 Å². The number of aryl methyl sites for hydroxylation is 2. The summed E-state index contributed by atoms with van der Waals surface area (Å²) >= 11 is 0. The van der Waals surface area contributed by atoms with Gasteiger partial charge in [0, 0.05) is 24.5 Å². The monoisotopic (exact) mass is 245 g/mol. The molecule has 4 N–H and O–H groups in total. The van der Waals surface area contributed by atoms with Crippen LogP contribution >= 0.6 is 0 Å². The Kier molecular flexibility index (Phi) is 3.27. The minimum absolute atomic E-state index is 0.237. The van der Waals surface area contributed by atoms with Crippen LogP contribution in [0.25, 0.3) is 0 Å². The number of carbonyl (C=O) groups is 1. The van der Waals surface area contributed by atoms with Crippen LogP contribution in [0.3, 0.4) is 0 Å². The maximum atomic E-state index is 11.8. The van der Waals surface area contributed by atoms with Crippen molar-refractivity contribution in [3.8, 4) is 0 Å². The maximum Gasteiger partial charge on any atom is 0.269 e. The molecule has 0 aromatic carbocycles. The zero-order valence-electron chi connectivity index (χ0n) is 10.3. The molecule has 2 heterocycles. The Morgan fingerprint density at radius 1 is 1.44 bits per heavy atom. The van der Waals surface area contributed by atoms with Crippen molar-refractivity contribution in [2.24, 2.45) is 0 Å². The Hall–Kier alpha value is -2.37. The van der Waals surface area contributed by atoms with Gasteiger partial charge in [-0.15, -0.1) is 0 Å². The van der Waals surface area contributed by atoms with E-state index in [4.69, 9.17) is 5.73 Å². The number of anilines is 1. The predicted molar refractivity (Wildman–Crippen MR) is 67.9 cm³/mol. The van der Waals surface area contributed by atoms with Crippen LogP contribution in [0.5, 0.6) is 0 Å². The zero-order valence-corrected chi connectivity index (χ0v) is 10.3. The van der Waals surface area contributed by atoms with Crippen LogP contribution < -0.4 is 11.1 Å². The molecule has 6 heteroatoms. The third-order valence-corrected chi connectivity index (χ3v) is 2.64. The van der Waals surface area contributed by atoms with Gasteiger partial charge in [-0.3, -0.25) is 14.9 Å². The van der Waals surface area contributed by atoms with E-state index in [-0.39, 0.29) is 5.91 Å². The first-order chi connectivity index (χ1) is 8.56. The average molecular weight is 245 g/mol. The summed E-state index contributed by atoms with van der Waals surface area (Å²) in [5, 5.41) is 9.05. The Balaban J connectivity index is 2.01. The van der Waals surface area contributed by atoms with Crippen LogP contribution in [0, 0.1) is 13.8 Å². The number of nitrogens with zero attached hydrogens (tertiary/aromatic N) is 2. The molecule has 0 saturated carbocycles. The number of H-pyrrole nitrogens is 1. The number of rotatable bonds is 3. The molecule has 6 nitrogen and oxygen atoms in total. The first-order valence-electron chi connectivity index (χ1n) is 5.57. The molecule has 2 aromatic heterocycles. The number of aromatic nitrogens is 3. The molecule has 0 aliphatic rings. The molecule has 0 spiro atoms. The van der Waals surface area contributed by atoms with E-state index in [0.29, 0.717) is 18.1 Å². The van der Waals surface area contributed by atoms with Crippen LogP contribution in [-0.2, 0) is 6.54 Å². The molecule has 0 atom stereocenters. The summed E-state index contributed by atoms with van der Waals surface area (Å²) in [5.41, 5.74) is 8.84. The number of hydrogen-bond acceptors (Lipinski definition) is 4. The summed E-state index contributed by atoms with van der Waals surface area (Å²) in [6.45, 7) is 4.35. The Labute approximate surface area is 105 Å². The van der Waals surface area contributed by atoms with Crippen LogP contribution in [0.4, 0.5) is 5.82 Å². The van der Waals surface area contributed by atoms with Crippen molar-refractivity contribution >= 4 is 11.7 Å². The van der Waals surface area contributed by atoms with Gasteiger partial charge in [0.15, 0.2) is 0 Å². The lowest BCUT2D eigenvalue weighted by Gasteiger charge is -2.07. The molecule has 0 aliphatic heterocycles. The highest BCUT2D eigenvalue weighted by atomic mass is 16.1. The minimum atomic E-state index is -0.237. The van der Waals surface area contributed by atoms with Crippen molar-refractivity contribution < 1.29 is 4.79 Å². The topological polar surface area (TPSA) is 96.7 Å². The van der Waals surface area contributed by atoms with Crippen molar-refractivity contribution in [3.05, 3.63) is 40.8 Å². The van der Waals surface area contributed by atoms with Crippen molar-refractivity contribution in [2.45, 2.75) is 20.4 Å². The van der Waals surface area contributed by atoms with Gasteiger partial charge in [-0.2, -0.15) is 5.10 Å². The summed E-state index contributed by atoms with van der Waals surface area (Å²) in [6.07, 6.45) is 1.77. The van der Waals surface area contributed by atoms with E-state index in [1.54, 1.807) is 6.20 Å². The highest BCUT2D eigenvalue weighted by Gasteiger charge is 2.09. The molecule has 94 valence electrons. The fourth-order valence-corrected chi connectivity index (χ4v) is 1.63. The zero-order chi connectivity index (χ0) is 13.1. The van der Waals surface area contributed by atoms with Gasteiger partial charge in [0.1, 0.15) is 11.5 Å². The van der Waals surface area contributed by atoms with Crippen molar-refractivity contribution in [1.29, 1.82) is 0 Å². The molecule has 0 unspecified atom stereocenters. The maximum absolute atomic E-state index is 11.8. The Morgan fingerprint density at radius 3 is 2.83 bits per heavy atom. The molecule has 0 bridgehead atoms. The van der Waals surface area contributed by atoms with E-state index in [0.717, 1.165) is 16.8 Å². The summed E-state index contributed by atoms with van der Waals surface area (Å²) in [6, 6.07) is 3.48. The first kappa shape index (κ1) is 12.1. The second-order valence-corrected chi connectivity index (χ2v) is 4.14. The molecule has 18 heavy (non-hydrogen) atoms. The van der Waals surface area contributed by atoms with Gasteiger partial charge in [0.05, 0.1) is 0 Å². The summed E-state index contributed by atoms with van der Waals surface area (Å²) < 4.78 is 0. The number of carbonyl (C=O) groups excluding carboxylic acids is 1. The molecule has 0 fully saturated rings. The van der Waals surface area contributed by atoms with Gasteiger partial charge < -0.3 is 11.1 Å². The number of nitrogen functional groups attached to an aromatic ring is 1. The number of hydrogen-bond donors (Lipinski definition) is 3. The van der Waals surface area contributed by atoms with Gasteiger partial charge in [-0.05, 0) is 31.0 Å². The van der Waals surface area contributed by atoms with Crippen LogP contribution in [0.1, 0.15) is 27.3 Å². The van der Waals surface area contributed by atoms with E-state index in [1.807, 2.05) is 19.9 Å². The largest absolute Gasteiger partial charge is 0.382 e. The highest BCUT2D eigenvalue weighted by Crippen LogP contribution is 2.08. The average Bonchev–Trinajstić information content (AvgIpc) is 2.74. The summed E-state index contributed by atoms with van der Waals surface area (Å²) in [4.78, 5) is 16.0. The summed E-state index contributed by atoms with van der Waals surface area (Å²) in [5.74, 6) is 0.0625. The molecular formula is C12H15N5O. The van der Waals surface area contributed by atoms with E-state index in [1.165, 1.54) is 6.07 Å². The van der Waals surface area contributed by atoms with Gasteiger partial charge >= 0.3 is 0 Å². The fraction of sp³-hybridized carbons (Fsp3) is 0.250. The van der Waals surface area contributed by atoms with Crippen molar-refractivity contribution in [1.82, 2.24) is 20.5 Å². The lowest BCUT2D eigenvalue weighted by molar-refractivity contribution is 0.0946. The van der Waals surface area contributed by atoms with Gasteiger partial charge in [0.25, 0.3) is 5.91 Å². The second-order valence-electron chi connectivity index (χ2n) is 4.14. The summed E-state index contributed by atoms with van der Waals surface area (Å²) in [7, 11) is 0. The Bertz CT molecular complexity index is 576.